The number of anilines is 1. The maximum absolute atomic E-state index is 14.8. The Morgan fingerprint density at radius 3 is 2.61 bits per heavy atom. The van der Waals surface area contributed by atoms with Crippen LogP contribution in [0.3, 0.4) is 0 Å². The summed E-state index contributed by atoms with van der Waals surface area (Å²) in [5.74, 6) is 0.493. The van der Waals surface area contributed by atoms with Crippen LogP contribution in [0.2, 0.25) is 0 Å². The van der Waals surface area contributed by atoms with Crippen LogP contribution in [0.1, 0.15) is 16.1 Å². The fraction of sp³-hybridized carbons (Fsp3) is 0.280. The molecule has 0 bridgehead atoms. The van der Waals surface area contributed by atoms with E-state index in [-0.39, 0.29) is 11.5 Å². The van der Waals surface area contributed by atoms with Gasteiger partial charge in [0.2, 0.25) is 5.95 Å². The molecular weight excluding hydrogens is 421 g/mol. The molecule has 8 heteroatoms. The van der Waals surface area contributed by atoms with Crippen LogP contribution in [0, 0.1) is 24.6 Å². The minimum atomic E-state index is -0.515. The molecule has 0 aliphatic carbocycles. The average molecular weight is 443 g/mol. The molecule has 0 radical (unpaired) electrons. The number of amides is 1. The zero-order chi connectivity index (χ0) is 22.5. The number of nitrogens with zero attached hydrogens (tertiary/aromatic N) is 5. The molecule has 0 saturated carbocycles. The van der Waals surface area contributed by atoms with Crippen molar-refractivity contribution in [1.82, 2.24) is 19.9 Å². The van der Waals surface area contributed by atoms with Gasteiger partial charge in [-0.3, -0.25) is 9.78 Å². The Balaban J connectivity index is 1.22. The van der Waals surface area contributed by atoms with Gasteiger partial charge >= 0.3 is 0 Å². The maximum atomic E-state index is 14.8. The summed E-state index contributed by atoms with van der Waals surface area (Å²) >= 11 is 0. The second-order valence-corrected chi connectivity index (χ2v) is 8.76. The van der Waals surface area contributed by atoms with Crippen molar-refractivity contribution in [3.63, 3.8) is 0 Å². The van der Waals surface area contributed by atoms with Crippen molar-refractivity contribution in [2.45, 2.75) is 6.92 Å². The van der Waals surface area contributed by atoms with Gasteiger partial charge in [-0.05, 0) is 25.1 Å². The van der Waals surface area contributed by atoms with E-state index < -0.39 is 5.82 Å². The molecule has 2 atom stereocenters. The number of hydrogen-bond acceptors (Lipinski definition) is 6. The first-order valence-electron chi connectivity index (χ1n) is 11.0. The number of benzene rings is 1. The van der Waals surface area contributed by atoms with Gasteiger partial charge in [-0.2, -0.15) is 0 Å². The molecule has 0 N–H and O–H groups in total. The summed E-state index contributed by atoms with van der Waals surface area (Å²) < 4.78 is 20.3. The highest BCUT2D eigenvalue weighted by atomic mass is 19.1. The SMILES string of the molecule is Cc1nc(N2C[C@H]3CN(C(=O)c4c(F)cccc4-c4ccccn4)C[C@H]3C2)nc2ccoc12. The monoisotopic (exact) mass is 443 g/mol. The Bertz CT molecular complexity index is 1340. The number of carbonyl (C=O) groups is 1. The number of pyridine rings is 1. The van der Waals surface area contributed by atoms with Crippen LogP contribution >= 0.6 is 0 Å². The number of rotatable bonds is 3. The molecule has 2 saturated heterocycles. The number of furan rings is 1. The van der Waals surface area contributed by atoms with Gasteiger partial charge in [-0.15, -0.1) is 0 Å². The van der Waals surface area contributed by atoms with E-state index in [0.29, 0.717) is 47.7 Å². The predicted molar refractivity (Wildman–Crippen MR) is 121 cm³/mol. The second kappa shape index (κ2) is 7.65. The van der Waals surface area contributed by atoms with Gasteiger partial charge in [-0.1, -0.05) is 18.2 Å². The van der Waals surface area contributed by atoms with Crippen LogP contribution in [0.4, 0.5) is 10.3 Å². The molecule has 2 aliphatic rings. The molecule has 3 aromatic heterocycles. The Morgan fingerprint density at radius 2 is 1.85 bits per heavy atom. The number of halogens is 1. The Hall–Kier alpha value is -3.81. The Kier molecular flexibility index (Phi) is 4.60. The molecule has 0 unspecified atom stereocenters. The molecule has 2 aliphatic heterocycles. The normalized spacial score (nSPS) is 19.9. The first kappa shape index (κ1) is 19.8. The molecule has 1 aromatic carbocycles. The minimum Gasteiger partial charge on any atom is -0.461 e. The van der Waals surface area contributed by atoms with Crippen LogP contribution in [-0.4, -0.2) is 51.9 Å². The zero-order valence-electron chi connectivity index (χ0n) is 18.1. The van der Waals surface area contributed by atoms with E-state index >= 15 is 0 Å². The minimum absolute atomic E-state index is 0.0948. The van der Waals surface area contributed by atoms with Gasteiger partial charge in [0, 0.05) is 55.8 Å². The standard InChI is InChI=1S/C25H22FN5O2/c1-15-23-21(8-10-33-23)29-25(28-15)31-13-16-11-30(12-17(16)14-31)24(32)22-18(5-4-6-19(22)26)20-7-2-3-9-27-20/h2-10,16-17H,11-14H2,1H3/t16-,17+. The lowest BCUT2D eigenvalue weighted by Crippen LogP contribution is -2.34. The summed E-state index contributed by atoms with van der Waals surface area (Å²) in [6.07, 6.45) is 3.27. The van der Waals surface area contributed by atoms with Gasteiger partial charge in [0.15, 0.2) is 5.58 Å². The lowest BCUT2D eigenvalue weighted by molar-refractivity contribution is 0.0778. The highest BCUT2D eigenvalue weighted by Gasteiger charge is 2.43. The van der Waals surface area contributed by atoms with E-state index in [9.17, 15) is 9.18 Å². The lowest BCUT2D eigenvalue weighted by atomic mass is 10.0. The third-order valence-electron chi connectivity index (χ3n) is 6.69. The first-order valence-corrected chi connectivity index (χ1v) is 11.0. The van der Waals surface area contributed by atoms with Crippen molar-refractivity contribution in [2.75, 3.05) is 31.1 Å². The third kappa shape index (κ3) is 3.33. The Labute approximate surface area is 189 Å². The van der Waals surface area contributed by atoms with Crippen molar-refractivity contribution >= 4 is 23.0 Å². The summed E-state index contributed by atoms with van der Waals surface area (Å²) in [7, 11) is 0. The average Bonchev–Trinajstić information content (AvgIpc) is 3.54. The summed E-state index contributed by atoms with van der Waals surface area (Å²) in [5.41, 5.74) is 3.54. The summed E-state index contributed by atoms with van der Waals surface area (Å²) in [6.45, 7) is 4.62. The highest BCUT2D eigenvalue weighted by molar-refractivity contribution is 6.01. The largest absolute Gasteiger partial charge is 0.461 e. The van der Waals surface area contributed by atoms with Crippen LogP contribution in [-0.2, 0) is 0 Å². The van der Waals surface area contributed by atoms with Gasteiger partial charge in [0.05, 0.1) is 23.2 Å². The van der Waals surface area contributed by atoms with Crippen LogP contribution in [0.15, 0.2) is 59.3 Å². The maximum Gasteiger partial charge on any atom is 0.257 e. The Morgan fingerprint density at radius 1 is 1.03 bits per heavy atom. The zero-order valence-corrected chi connectivity index (χ0v) is 18.1. The van der Waals surface area contributed by atoms with E-state index in [4.69, 9.17) is 4.42 Å². The van der Waals surface area contributed by atoms with Gasteiger partial charge in [0.25, 0.3) is 5.91 Å². The molecule has 7 nitrogen and oxygen atoms in total. The lowest BCUT2D eigenvalue weighted by Gasteiger charge is -2.23. The predicted octanol–water partition coefficient (Wildman–Crippen LogP) is 3.94. The fourth-order valence-corrected chi connectivity index (χ4v) is 5.09. The van der Waals surface area contributed by atoms with Crippen molar-refractivity contribution in [2.24, 2.45) is 11.8 Å². The molecule has 0 spiro atoms. The van der Waals surface area contributed by atoms with Gasteiger partial charge in [0.1, 0.15) is 11.3 Å². The van der Waals surface area contributed by atoms with Crippen LogP contribution in [0.5, 0.6) is 0 Å². The summed E-state index contributed by atoms with van der Waals surface area (Å²) in [4.78, 5) is 31.0. The van der Waals surface area contributed by atoms with Crippen LogP contribution < -0.4 is 4.90 Å². The van der Waals surface area contributed by atoms with Gasteiger partial charge < -0.3 is 14.2 Å². The molecule has 33 heavy (non-hydrogen) atoms. The molecule has 5 heterocycles. The number of likely N-dealkylation sites (tertiary alicyclic amines) is 1. The van der Waals surface area contributed by atoms with Crippen molar-refractivity contribution in [3.8, 4) is 11.3 Å². The third-order valence-corrected chi connectivity index (χ3v) is 6.69. The number of hydrogen-bond donors (Lipinski definition) is 0. The smallest absolute Gasteiger partial charge is 0.257 e. The van der Waals surface area contributed by atoms with E-state index in [1.54, 1.807) is 41.6 Å². The van der Waals surface area contributed by atoms with Crippen molar-refractivity contribution in [3.05, 3.63) is 72.0 Å². The number of carbonyl (C=O) groups excluding carboxylic acids is 1. The fourth-order valence-electron chi connectivity index (χ4n) is 5.09. The number of aromatic nitrogens is 3. The second-order valence-electron chi connectivity index (χ2n) is 8.76. The molecule has 1 amide bonds. The van der Waals surface area contributed by atoms with E-state index in [1.165, 1.54) is 6.07 Å². The van der Waals surface area contributed by atoms with Gasteiger partial charge in [-0.25, -0.2) is 14.4 Å². The highest BCUT2D eigenvalue weighted by Crippen LogP contribution is 2.35. The number of fused-ring (bicyclic) bond motifs is 2. The first-order chi connectivity index (χ1) is 16.1. The molecule has 166 valence electrons. The van der Waals surface area contributed by atoms with E-state index in [0.717, 1.165) is 24.3 Å². The van der Waals surface area contributed by atoms with E-state index in [1.807, 2.05) is 19.1 Å². The molecule has 6 rings (SSSR count). The van der Waals surface area contributed by atoms with Crippen molar-refractivity contribution in [1.29, 1.82) is 0 Å². The number of aryl methyl sites for hydroxylation is 1. The quantitative estimate of drug-likeness (QED) is 0.478. The topological polar surface area (TPSA) is 75.4 Å². The molecule has 2 fully saturated rings. The van der Waals surface area contributed by atoms with Crippen LogP contribution in [0.25, 0.3) is 22.4 Å². The molecular formula is C25H22FN5O2. The summed E-state index contributed by atoms with van der Waals surface area (Å²) in [5, 5.41) is 0. The van der Waals surface area contributed by atoms with Crippen molar-refractivity contribution < 1.29 is 13.6 Å². The molecule has 4 aromatic rings. The van der Waals surface area contributed by atoms with E-state index in [2.05, 4.69) is 19.9 Å². The summed E-state index contributed by atoms with van der Waals surface area (Å²) in [6, 6.07) is 12.0.